The van der Waals surface area contributed by atoms with Crippen molar-refractivity contribution in [3.8, 4) is 0 Å². The van der Waals surface area contributed by atoms with Gasteiger partial charge in [-0.25, -0.2) is 0 Å². The van der Waals surface area contributed by atoms with Crippen LogP contribution in [0.1, 0.15) is 22.3 Å². The Balaban J connectivity index is 0.000000451. The van der Waals surface area contributed by atoms with E-state index < -0.39 is 0 Å². The van der Waals surface area contributed by atoms with E-state index in [1.807, 2.05) is 6.07 Å². The summed E-state index contributed by atoms with van der Waals surface area (Å²) < 4.78 is 0. The van der Waals surface area contributed by atoms with Gasteiger partial charge in [0.25, 0.3) is 0 Å². The van der Waals surface area contributed by atoms with Crippen LogP contribution in [0, 0.1) is 27.7 Å². The molecule has 5 aromatic carbocycles. The maximum Gasteiger partial charge on any atom is 4.00 e. The fraction of sp³-hybridized carbons (Fsp3) is 0.172. The van der Waals surface area contributed by atoms with Crippen LogP contribution < -0.4 is 30.0 Å². The van der Waals surface area contributed by atoms with E-state index in [2.05, 4.69) is 119 Å². The number of halogens is 2. The number of aryl methyl sites for hydroxylation is 4. The van der Waals surface area contributed by atoms with E-state index in [4.69, 9.17) is 0 Å². The molecule has 0 aliphatic rings. The Morgan fingerprint density at radius 1 is 0.545 bits per heavy atom. The van der Waals surface area contributed by atoms with Crippen molar-refractivity contribution in [2.45, 2.75) is 34.2 Å². The molecule has 0 amide bonds. The van der Waals surface area contributed by atoms with Crippen LogP contribution in [0.25, 0.3) is 21.5 Å². The molecule has 4 heteroatoms. The fourth-order valence-corrected chi connectivity index (χ4v) is 4.21. The van der Waals surface area contributed by atoms with Gasteiger partial charge < -0.3 is 24.8 Å². The topological polar surface area (TPSA) is 0 Å². The quantitative estimate of drug-likeness (QED) is 0.190. The average molecular weight is 656 g/mol. The van der Waals surface area contributed by atoms with Gasteiger partial charge in [0.05, 0.1) is 9.52 Å². The molecule has 0 unspecified atom stereocenters. The van der Waals surface area contributed by atoms with Gasteiger partial charge in [-0.05, 0) is 13.8 Å². The SMILES string of the molecule is C[Si]c1ccccc1.Cc1ccc(C)c2[cH-]ccc12.Cc1ccc(C)c2[cH-]ccc12.[Cl-].[Cl-].[Hf+4]. The number of fused-ring (bicyclic) bond motifs is 2. The molecule has 33 heavy (non-hydrogen) atoms. The molecular weight excluding hydrogens is 626 g/mol. The minimum absolute atomic E-state index is 0. The summed E-state index contributed by atoms with van der Waals surface area (Å²) in [6.07, 6.45) is 0. The van der Waals surface area contributed by atoms with Crippen molar-refractivity contribution >= 4 is 36.3 Å². The number of rotatable bonds is 1. The largest absolute Gasteiger partial charge is 4.00 e. The van der Waals surface area contributed by atoms with Crippen LogP contribution in [-0.4, -0.2) is 9.52 Å². The molecule has 0 saturated carbocycles. The van der Waals surface area contributed by atoms with Gasteiger partial charge >= 0.3 is 25.8 Å². The van der Waals surface area contributed by atoms with Crippen LogP contribution in [0.5, 0.6) is 0 Å². The zero-order chi connectivity index (χ0) is 21.5. The zero-order valence-corrected chi connectivity index (χ0v) is 26.0. The van der Waals surface area contributed by atoms with Gasteiger partial charge in [0.2, 0.25) is 0 Å². The minimum atomic E-state index is 0. The van der Waals surface area contributed by atoms with E-state index in [-0.39, 0.29) is 50.7 Å². The molecular formula is C29H30Cl2HfSi. The van der Waals surface area contributed by atoms with E-state index in [1.54, 1.807) is 0 Å². The molecule has 0 fully saturated rings. The predicted octanol–water partition coefficient (Wildman–Crippen LogP) is 1.42. The molecule has 0 N–H and O–H groups in total. The van der Waals surface area contributed by atoms with Crippen molar-refractivity contribution in [3.63, 3.8) is 0 Å². The summed E-state index contributed by atoms with van der Waals surface area (Å²) in [7, 11) is 0.930. The smallest absolute Gasteiger partial charge is 1.00 e. The Bertz CT molecular complexity index is 1070. The summed E-state index contributed by atoms with van der Waals surface area (Å²) in [6.45, 7) is 10.8. The maximum atomic E-state index is 2.19. The van der Waals surface area contributed by atoms with E-state index in [1.165, 1.54) is 49.0 Å². The first-order valence-electron chi connectivity index (χ1n) is 10.5. The molecule has 0 aliphatic heterocycles. The second-order valence-corrected chi connectivity index (χ2v) is 8.80. The van der Waals surface area contributed by atoms with Crippen LogP contribution in [-0.2, 0) is 25.8 Å². The molecule has 0 nitrogen and oxygen atoms in total. The summed E-state index contributed by atoms with van der Waals surface area (Å²) in [4.78, 5) is 0. The molecule has 5 rings (SSSR count). The van der Waals surface area contributed by atoms with Crippen molar-refractivity contribution in [1.29, 1.82) is 0 Å². The molecule has 0 saturated heterocycles. The Kier molecular flexibility index (Phi) is 14.8. The maximum absolute atomic E-state index is 2.19. The van der Waals surface area contributed by atoms with Crippen molar-refractivity contribution in [2.24, 2.45) is 0 Å². The van der Waals surface area contributed by atoms with Crippen LogP contribution in [0.3, 0.4) is 0 Å². The fourth-order valence-electron chi connectivity index (χ4n) is 3.68. The number of hydrogen-bond donors (Lipinski definition) is 0. The number of hydrogen-bond acceptors (Lipinski definition) is 0. The first kappa shape index (κ1) is 31.5. The molecule has 168 valence electrons. The third-order valence-electron chi connectivity index (χ3n) is 5.56. The molecule has 0 aliphatic carbocycles. The summed E-state index contributed by atoms with van der Waals surface area (Å²) in [5, 5.41) is 7.01. The van der Waals surface area contributed by atoms with Gasteiger partial charge in [-0.2, -0.15) is 24.3 Å². The van der Waals surface area contributed by atoms with Crippen molar-refractivity contribution < 1.29 is 50.7 Å². The molecule has 0 heterocycles. The summed E-state index contributed by atoms with van der Waals surface area (Å²) in [5.74, 6) is 0. The first-order chi connectivity index (χ1) is 14.5. The van der Waals surface area contributed by atoms with Crippen LogP contribution in [0.15, 0.2) is 91.0 Å². The number of benzene rings is 3. The second-order valence-electron chi connectivity index (χ2n) is 7.72. The van der Waals surface area contributed by atoms with Gasteiger partial charge in [0.15, 0.2) is 0 Å². The zero-order valence-electron chi connectivity index (χ0n) is 19.9. The molecule has 5 aromatic rings. The third-order valence-corrected chi connectivity index (χ3v) is 6.47. The van der Waals surface area contributed by atoms with Crippen molar-refractivity contribution in [3.05, 3.63) is 113 Å². The van der Waals surface area contributed by atoms with Gasteiger partial charge in [-0.3, -0.25) is 0 Å². The molecule has 2 radical (unpaired) electrons. The monoisotopic (exact) mass is 656 g/mol. The second kappa shape index (κ2) is 15.4. The molecule has 0 aromatic heterocycles. The van der Waals surface area contributed by atoms with E-state index >= 15 is 0 Å². The molecule has 0 spiro atoms. The van der Waals surface area contributed by atoms with Crippen LogP contribution in [0.4, 0.5) is 0 Å². The van der Waals surface area contributed by atoms with E-state index in [9.17, 15) is 0 Å². The van der Waals surface area contributed by atoms with Gasteiger partial charge in [-0.1, -0.05) is 79.2 Å². The summed E-state index contributed by atoms with van der Waals surface area (Å²) in [5.41, 5.74) is 5.48. The van der Waals surface area contributed by atoms with Gasteiger partial charge in [0.1, 0.15) is 0 Å². The Labute approximate surface area is 233 Å². The van der Waals surface area contributed by atoms with E-state index in [0.29, 0.717) is 0 Å². The van der Waals surface area contributed by atoms with Crippen LogP contribution >= 0.6 is 0 Å². The van der Waals surface area contributed by atoms with Gasteiger partial charge in [0, 0.05) is 0 Å². The van der Waals surface area contributed by atoms with Crippen molar-refractivity contribution in [1.82, 2.24) is 0 Å². The van der Waals surface area contributed by atoms with Gasteiger partial charge in [-0.15, -0.1) is 56.9 Å². The van der Waals surface area contributed by atoms with Crippen molar-refractivity contribution in [2.75, 3.05) is 0 Å². The summed E-state index contributed by atoms with van der Waals surface area (Å²) >= 11 is 0. The Morgan fingerprint density at radius 3 is 1.27 bits per heavy atom. The molecule has 0 bridgehead atoms. The minimum Gasteiger partial charge on any atom is -1.00 e. The summed E-state index contributed by atoms with van der Waals surface area (Å²) in [6, 6.07) is 32.2. The normalized spacial score (nSPS) is 9.36. The third kappa shape index (κ3) is 8.37. The predicted molar refractivity (Wildman–Crippen MR) is 136 cm³/mol. The Hall–Kier alpha value is -1.45. The molecule has 0 atom stereocenters. The first-order valence-corrected chi connectivity index (χ1v) is 12.0. The average Bonchev–Trinajstić information content (AvgIpc) is 3.46. The Morgan fingerprint density at radius 2 is 0.939 bits per heavy atom. The standard InChI is InChI=1S/2C11H11.C7H8Si.2ClH.Hf/c2*1-8-6-7-9(2)11-5-3-4-10(8)11;1-8-7-5-3-2-4-6-7;;;/h2*3-7H,1-2H3;2-6H,1H3;2*1H;/q2*-1;;;;+4/p-2. The van der Waals surface area contributed by atoms with Crippen LogP contribution in [0.2, 0.25) is 6.55 Å². The van der Waals surface area contributed by atoms with E-state index in [0.717, 1.165) is 9.52 Å².